The van der Waals surface area contributed by atoms with Crippen LogP contribution in [0.25, 0.3) is 0 Å². The van der Waals surface area contributed by atoms with Gasteiger partial charge in [0.15, 0.2) is 5.76 Å². The number of fused-ring (bicyclic) bond motifs is 2. The molecule has 0 saturated heterocycles. The van der Waals surface area contributed by atoms with E-state index < -0.39 is 24.1 Å². The minimum Gasteiger partial charge on any atom is -0.460 e. The van der Waals surface area contributed by atoms with E-state index in [0.29, 0.717) is 11.1 Å². The highest BCUT2D eigenvalue weighted by Crippen LogP contribution is 2.57. The molecule has 0 aliphatic heterocycles. The Balaban J connectivity index is 2.16. The Morgan fingerprint density at radius 2 is 2.25 bits per heavy atom. The van der Waals surface area contributed by atoms with Crippen LogP contribution in [0.4, 0.5) is 0 Å². The van der Waals surface area contributed by atoms with Crippen molar-refractivity contribution < 1.29 is 23.8 Å². The minimum atomic E-state index is -0.651. The third-order valence-corrected chi connectivity index (χ3v) is 5.54. The van der Waals surface area contributed by atoms with Crippen LogP contribution in [0.5, 0.6) is 0 Å². The molecule has 1 N–H and O–H groups in total. The summed E-state index contributed by atoms with van der Waals surface area (Å²) in [5.41, 5.74) is 1.43. The maximum Gasteiger partial charge on any atom is 0.336 e. The first-order chi connectivity index (χ1) is 11.3. The fourth-order valence-corrected chi connectivity index (χ4v) is 3.81. The molecule has 128 valence electrons. The third-order valence-electron chi connectivity index (χ3n) is 5.54. The van der Waals surface area contributed by atoms with Gasteiger partial charge in [-0.2, -0.15) is 0 Å². The lowest BCUT2D eigenvalue weighted by Gasteiger charge is -2.47. The second-order valence-electron chi connectivity index (χ2n) is 6.92. The van der Waals surface area contributed by atoms with E-state index in [2.05, 4.69) is 13.5 Å². The van der Waals surface area contributed by atoms with Gasteiger partial charge in [0.25, 0.3) is 0 Å². The predicted molar refractivity (Wildman–Crippen MR) is 87.4 cm³/mol. The summed E-state index contributed by atoms with van der Waals surface area (Å²) in [7, 11) is 0. The monoisotopic (exact) mass is 330 g/mol. The van der Waals surface area contributed by atoms with E-state index in [4.69, 9.17) is 14.3 Å². The van der Waals surface area contributed by atoms with Crippen molar-refractivity contribution in [3.63, 3.8) is 0 Å². The number of Topliss-reactive ketones (excluding diaryl/α,β-unsaturated/α-hetero) is 1. The summed E-state index contributed by atoms with van der Waals surface area (Å²) in [6.07, 6.45) is 4.55. The average molecular weight is 330 g/mol. The van der Waals surface area contributed by atoms with Gasteiger partial charge in [-0.15, -0.1) is 0 Å². The van der Waals surface area contributed by atoms with Gasteiger partial charge in [-0.1, -0.05) is 26.5 Å². The summed E-state index contributed by atoms with van der Waals surface area (Å²) < 4.78 is 11.2. The Hall–Kier alpha value is -2.14. The molecular weight excluding hydrogens is 308 g/mol. The molecule has 0 saturated carbocycles. The number of furan rings is 1. The SMILES string of the molecule is C=C(CO)C(=O)O[C@@H]1c2c(C)coc2C(=O)C2=CCC[C@H](C)[C@]21C. The van der Waals surface area contributed by atoms with Gasteiger partial charge in [0.1, 0.15) is 6.10 Å². The van der Waals surface area contributed by atoms with Crippen LogP contribution in [0.15, 0.2) is 34.5 Å². The van der Waals surface area contributed by atoms with Crippen molar-refractivity contribution in [3.8, 4) is 0 Å². The Morgan fingerprint density at radius 3 is 2.92 bits per heavy atom. The van der Waals surface area contributed by atoms with Crippen molar-refractivity contribution in [1.82, 2.24) is 0 Å². The van der Waals surface area contributed by atoms with E-state index in [-0.39, 0.29) is 23.0 Å². The van der Waals surface area contributed by atoms with Crippen LogP contribution in [-0.2, 0) is 9.53 Å². The number of hydrogen-bond acceptors (Lipinski definition) is 5. The molecule has 2 aliphatic rings. The maximum absolute atomic E-state index is 12.9. The summed E-state index contributed by atoms with van der Waals surface area (Å²) >= 11 is 0. The first-order valence-electron chi connectivity index (χ1n) is 8.15. The Labute approximate surface area is 141 Å². The number of hydrogen-bond donors (Lipinski definition) is 1. The highest BCUT2D eigenvalue weighted by Gasteiger charge is 2.55. The lowest BCUT2D eigenvalue weighted by molar-refractivity contribution is -0.153. The second-order valence-corrected chi connectivity index (χ2v) is 6.92. The number of ether oxygens (including phenoxy) is 1. The van der Waals surface area contributed by atoms with E-state index in [0.717, 1.165) is 18.4 Å². The van der Waals surface area contributed by atoms with Crippen molar-refractivity contribution in [2.45, 2.75) is 39.7 Å². The molecular formula is C19H22O5. The molecule has 0 fully saturated rings. The van der Waals surface area contributed by atoms with Gasteiger partial charge in [0.2, 0.25) is 5.78 Å². The van der Waals surface area contributed by atoms with E-state index in [1.54, 1.807) is 0 Å². The molecule has 3 atom stereocenters. The largest absolute Gasteiger partial charge is 0.460 e. The Morgan fingerprint density at radius 1 is 1.54 bits per heavy atom. The molecule has 0 bridgehead atoms. The van der Waals surface area contributed by atoms with Gasteiger partial charge < -0.3 is 14.3 Å². The summed E-state index contributed by atoms with van der Waals surface area (Å²) in [6.45, 7) is 8.95. The van der Waals surface area contributed by atoms with Crippen molar-refractivity contribution in [2.24, 2.45) is 11.3 Å². The van der Waals surface area contributed by atoms with Gasteiger partial charge in [-0.25, -0.2) is 4.79 Å². The summed E-state index contributed by atoms with van der Waals surface area (Å²) in [5, 5.41) is 9.15. The number of carbonyl (C=O) groups excluding carboxylic acids is 2. The third kappa shape index (κ3) is 2.18. The van der Waals surface area contributed by atoms with Crippen LogP contribution >= 0.6 is 0 Å². The zero-order chi connectivity index (χ0) is 17.6. The van der Waals surface area contributed by atoms with Gasteiger partial charge in [-0.05, 0) is 31.2 Å². The molecule has 1 aromatic rings. The molecule has 5 heteroatoms. The highest BCUT2D eigenvalue weighted by molar-refractivity contribution is 6.10. The van der Waals surface area contributed by atoms with Crippen molar-refractivity contribution in [2.75, 3.05) is 6.61 Å². The van der Waals surface area contributed by atoms with Crippen LogP contribution in [0.1, 0.15) is 54.5 Å². The Kier molecular flexibility index (Phi) is 4.00. The molecule has 24 heavy (non-hydrogen) atoms. The fourth-order valence-electron chi connectivity index (χ4n) is 3.81. The molecule has 0 unspecified atom stereocenters. The first-order valence-corrected chi connectivity index (χ1v) is 8.15. The van der Waals surface area contributed by atoms with Crippen LogP contribution in [0.3, 0.4) is 0 Å². The summed E-state index contributed by atoms with van der Waals surface area (Å²) in [5.74, 6) is -0.371. The number of aliphatic hydroxyl groups is 1. The molecule has 0 radical (unpaired) electrons. The highest BCUT2D eigenvalue weighted by atomic mass is 16.5. The topological polar surface area (TPSA) is 76.7 Å². The first kappa shape index (κ1) is 16.7. The van der Waals surface area contributed by atoms with Crippen LogP contribution in [0.2, 0.25) is 0 Å². The molecule has 5 nitrogen and oxygen atoms in total. The lowest BCUT2D eigenvalue weighted by atomic mass is 9.58. The predicted octanol–water partition coefficient (Wildman–Crippen LogP) is 3.28. The molecule has 1 heterocycles. The van der Waals surface area contributed by atoms with Crippen LogP contribution in [0, 0.1) is 18.3 Å². The maximum atomic E-state index is 12.9. The standard InChI is InChI=1S/C19H22O5/c1-10(8-20)18(22)24-17-14-11(2)9-23-16(14)15(21)13-7-5-6-12(3)19(13,17)4/h7,9,12,17,20H,1,5-6,8H2,2-4H3/t12-,17+,19+/m0/s1. The van der Waals surface area contributed by atoms with Crippen LogP contribution in [-0.4, -0.2) is 23.5 Å². The number of aliphatic hydroxyl groups excluding tert-OH is 1. The van der Waals surface area contributed by atoms with E-state index in [1.807, 2.05) is 19.9 Å². The summed E-state index contributed by atoms with van der Waals surface area (Å²) in [6, 6.07) is 0. The smallest absolute Gasteiger partial charge is 0.336 e. The van der Waals surface area contributed by atoms with Gasteiger partial charge in [0, 0.05) is 16.6 Å². The number of ketones is 1. The summed E-state index contributed by atoms with van der Waals surface area (Å²) in [4.78, 5) is 25.1. The van der Waals surface area contributed by atoms with E-state index >= 15 is 0 Å². The Bertz CT molecular complexity index is 754. The molecule has 3 rings (SSSR count). The lowest BCUT2D eigenvalue weighted by Crippen LogP contribution is -2.45. The average Bonchev–Trinajstić information content (AvgIpc) is 2.94. The van der Waals surface area contributed by atoms with Crippen molar-refractivity contribution in [1.29, 1.82) is 0 Å². The molecule has 1 aromatic heterocycles. The van der Waals surface area contributed by atoms with Gasteiger partial charge >= 0.3 is 5.97 Å². The molecule has 2 aliphatic carbocycles. The fraction of sp³-hybridized carbons (Fsp3) is 0.474. The number of rotatable bonds is 3. The number of aryl methyl sites for hydroxylation is 1. The molecule has 0 aromatic carbocycles. The zero-order valence-electron chi connectivity index (χ0n) is 14.2. The zero-order valence-corrected chi connectivity index (χ0v) is 14.2. The van der Waals surface area contributed by atoms with E-state index in [1.165, 1.54) is 6.26 Å². The van der Waals surface area contributed by atoms with Gasteiger partial charge in [-0.3, -0.25) is 4.79 Å². The minimum absolute atomic E-state index is 0.00723. The van der Waals surface area contributed by atoms with Crippen molar-refractivity contribution >= 4 is 11.8 Å². The number of allylic oxidation sites excluding steroid dienone is 1. The van der Waals surface area contributed by atoms with Crippen LogP contribution < -0.4 is 0 Å². The van der Waals surface area contributed by atoms with Gasteiger partial charge in [0.05, 0.1) is 18.4 Å². The second kappa shape index (κ2) is 5.74. The number of esters is 1. The van der Waals surface area contributed by atoms with Crippen molar-refractivity contribution in [3.05, 3.63) is 47.0 Å². The van der Waals surface area contributed by atoms with E-state index in [9.17, 15) is 9.59 Å². The quantitative estimate of drug-likeness (QED) is 0.680. The normalized spacial score (nSPS) is 28.7. The number of carbonyl (C=O) groups is 2. The molecule has 0 spiro atoms. The molecule has 0 amide bonds.